The Labute approximate surface area is 102 Å². The summed E-state index contributed by atoms with van der Waals surface area (Å²) in [6.07, 6.45) is 2.71. The fraction of sp³-hybridized carbons (Fsp3) is 0.538. The van der Waals surface area contributed by atoms with Gasteiger partial charge in [0.05, 0.1) is 5.52 Å². The lowest BCUT2D eigenvalue weighted by Gasteiger charge is -2.20. The van der Waals surface area contributed by atoms with Gasteiger partial charge in [-0.2, -0.15) is 0 Å². The van der Waals surface area contributed by atoms with Crippen molar-refractivity contribution in [3.63, 3.8) is 0 Å². The summed E-state index contributed by atoms with van der Waals surface area (Å²) in [5, 5.41) is 3.47. The summed E-state index contributed by atoms with van der Waals surface area (Å²) in [4.78, 5) is 8.81. The third kappa shape index (κ3) is 2.82. The molecule has 0 aliphatic carbocycles. The van der Waals surface area contributed by atoms with Crippen LogP contribution in [0.15, 0.2) is 18.3 Å². The highest BCUT2D eigenvalue weighted by Crippen LogP contribution is 2.12. The topological polar surface area (TPSA) is 42.7 Å². The molecular formula is C13H20N4. The van der Waals surface area contributed by atoms with Crippen LogP contribution in [0.3, 0.4) is 0 Å². The molecule has 0 aliphatic heterocycles. The standard InChI is InChI=1S/C13H20N4/c1-13(2,3)15-9-7-11-16-12-10(17(11)4)6-5-8-14-12/h5-6,8,15H,7,9H2,1-4H3. The minimum absolute atomic E-state index is 0.156. The number of aromatic nitrogens is 3. The second-order valence-electron chi connectivity index (χ2n) is 5.36. The molecule has 0 amide bonds. The van der Waals surface area contributed by atoms with Crippen molar-refractivity contribution in [1.82, 2.24) is 19.9 Å². The molecule has 0 atom stereocenters. The van der Waals surface area contributed by atoms with Gasteiger partial charge in [0.25, 0.3) is 0 Å². The van der Waals surface area contributed by atoms with Crippen molar-refractivity contribution in [2.45, 2.75) is 32.7 Å². The molecule has 2 rings (SSSR count). The third-order valence-electron chi connectivity index (χ3n) is 2.75. The molecule has 2 aromatic rings. The molecule has 4 heteroatoms. The van der Waals surface area contributed by atoms with E-state index in [-0.39, 0.29) is 5.54 Å². The van der Waals surface area contributed by atoms with Crippen LogP contribution in [0, 0.1) is 0 Å². The highest BCUT2D eigenvalue weighted by Gasteiger charge is 2.11. The Morgan fingerprint density at radius 1 is 1.35 bits per heavy atom. The molecule has 17 heavy (non-hydrogen) atoms. The van der Waals surface area contributed by atoms with Gasteiger partial charge in [-0.15, -0.1) is 0 Å². The smallest absolute Gasteiger partial charge is 0.177 e. The first-order chi connectivity index (χ1) is 7.97. The van der Waals surface area contributed by atoms with Crippen LogP contribution in [-0.2, 0) is 13.5 Å². The molecule has 0 aliphatic rings. The average Bonchev–Trinajstić information content (AvgIpc) is 2.55. The van der Waals surface area contributed by atoms with Crippen LogP contribution in [-0.4, -0.2) is 26.6 Å². The molecule has 0 bridgehead atoms. The quantitative estimate of drug-likeness (QED) is 0.879. The fourth-order valence-corrected chi connectivity index (χ4v) is 1.85. The van der Waals surface area contributed by atoms with E-state index in [9.17, 15) is 0 Å². The van der Waals surface area contributed by atoms with Crippen molar-refractivity contribution >= 4 is 11.2 Å². The maximum atomic E-state index is 4.54. The number of hydrogen-bond donors (Lipinski definition) is 1. The molecule has 0 saturated heterocycles. The first-order valence-corrected chi connectivity index (χ1v) is 5.99. The number of pyridine rings is 1. The minimum Gasteiger partial charge on any atom is -0.330 e. The predicted octanol–water partition coefficient (Wildman–Crippen LogP) is 1.90. The van der Waals surface area contributed by atoms with Gasteiger partial charge in [-0.1, -0.05) is 0 Å². The second kappa shape index (κ2) is 4.45. The van der Waals surface area contributed by atoms with E-state index in [1.54, 1.807) is 6.20 Å². The Bertz CT molecular complexity index is 508. The van der Waals surface area contributed by atoms with Crippen molar-refractivity contribution in [3.8, 4) is 0 Å². The zero-order valence-electron chi connectivity index (χ0n) is 11.0. The number of nitrogens with one attached hydrogen (secondary N) is 1. The second-order valence-corrected chi connectivity index (χ2v) is 5.36. The molecule has 92 valence electrons. The molecule has 0 radical (unpaired) electrons. The summed E-state index contributed by atoms with van der Waals surface area (Å²) in [5.41, 5.74) is 2.09. The normalized spacial score (nSPS) is 12.2. The van der Waals surface area contributed by atoms with Gasteiger partial charge in [-0.05, 0) is 32.9 Å². The summed E-state index contributed by atoms with van der Waals surface area (Å²) in [7, 11) is 2.05. The zero-order valence-corrected chi connectivity index (χ0v) is 11.0. The molecule has 1 N–H and O–H groups in total. The zero-order chi connectivity index (χ0) is 12.5. The lowest BCUT2D eigenvalue weighted by Crippen LogP contribution is -2.37. The molecular weight excluding hydrogens is 212 g/mol. The van der Waals surface area contributed by atoms with Gasteiger partial charge in [-0.25, -0.2) is 9.97 Å². The number of aryl methyl sites for hydroxylation is 1. The summed E-state index contributed by atoms with van der Waals surface area (Å²) >= 11 is 0. The van der Waals surface area contributed by atoms with Crippen molar-refractivity contribution in [2.24, 2.45) is 7.05 Å². The largest absolute Gasteiger partial charge is 0.330 e. The van der Waals surface area contributed by atoms with Crippen molar-refractivity contribution in [1.29, 1.82) is 0 Å². The molecule has 4 nitrogen and oxygen atoms in total. The Morgan fingerprint density at radius 2 is 2.12 bits per heavy atom. The highest BCUT2D eigenvalue weighted by molar-refractivity contribution is 5.71. The van der Waals surface area contributed by atoms with E-state index in [2.05, 4.69) is 46.7 Å². The van der Waals surface area contributed by atoms with Crippen LogP contribution in [0.2, 0.25) is 0 Å². The Kier molecular flexibility index (Phi) is 3.15. The van der Waals surface area contributed by atoms with Gasteiger partial charge in [0, 0.05) is 31.7 Å². The van der Waals surface area contributed by atoms with Crippen LogP contribution >= 0.6 is 0 Å². The van der Waals surface area contributed by atoms with Crippen molar-refractivity contribution < 1.29 is 0 Å². The van der Waals surface area contributed by atoms with Gasteiger partial charge < -0.3 is 9.88 Å². The number of hydrogen-bond acceptors (Lipinski definition) is 3. The number of fused-ring (bicyclic) bond motifs is 1. The van der Waals surface area contributed by atoms with E-state index >= 15 is 0 Å². The van der Waals surface area contributed by atoms with Gasteiger partial charge >= 0.3 is 0 Å². The van der Waals surface area contributed by atoms with E-state index in [1.807, 2.05) is 13.1 Å². The van der Waals surface area contributed by atoms with E-state index in [4.69, 9.17) is 0 Å². The molecule has 0 spiro atoms. The summed E-state index contributed by atoms with van der Waals surface area (Å²) in [6.45, 7) is 7.44. The Morgan fingerprint density at radius 3 is 2.76 bits per heavy atom. The van der Waals surface area contributed by atoms with Gasteiger partial charge in [-0.3, -0.25) is 0 Å². The Balaban J connectivity index is 2.11. The third-order valence-corrected chi connectivity index (χ3v) is 2.75. The van der Waals surface area contributed by atoms with Crippen LogP contribution < -0.4 is 5.32 Å². The monoisotopic (exact) mass is 232 g/mol. The fourth-order valence-electron chi connectivity index (χ4n) is 1.85. The van der Waals surface area contributed by atoms with Crippen molar-refractivity contribution in [2.75, 3.05) is 6.54 Å². The van der Waals surface area contributed by atoms with Gasteiger partial charge in [0.1, 0.15) is 5.82 Å². The van der Waals surface area contributed by atoms with E-state index < -0.39 is 0 Å². The summed E-state index contributed by atoms with van der Waals surface area (Å²) in [5.74, 6) is 1.08. The lowest BCUT2D eigenvalue weighted by atomic mass is 10.1. The van der Waals surface area contributed by atoms with Gasteiger partial charge in [0.15, 0.2) is 5.65 Å². The van der Waals surface area contributed by atoms with Crippen LogP contribution in [0.1, 0.15) is 26.6 Å². The average molecular weight is 232 g/mol. The summed E-state index contributed by atoms with van der Waals surface area (Å²) in [6, 6.07) is 4.00. The van der Waals surface area contributed by atoms with Crippen LogP contribution in [0.4, 0.5) is 0 Å². The van der Waals surface area contributed by atoms with E-state index in [0.717, 1.165) is 30.0 Å². The molecule has 0 aromatic carbocycles. The predicted molar refractivity (Wildman–Crippen MR) is 70.0 cm³/mol. The maximum absolute atomic E-state index is 4.54. The first-order valence-electron chi connectivity index (χ1n) is 5.99. The molecule has 0 saturated carbocycles. The minimum atomic E-state index is 0.156. The number of nitrogens with zero attached hydrogens (tertiary/aromatic N) is 3. The number of imidazole rings is 1. The molecule has 0 unspecified atom stereocenters. The Hall–Kier alpha value is -1.42. The molecule has 0 fully saturated rings. The highest BCUT2D eigenvalue weighted by atomic mass is 15.1. The van der Waals surface area contributed by atoms with Crippen LogP contribution in [0.25, 0.3) is 11.2 Å². The van der Waals surface area contributed by atoms with E-state index in [0.29, 0.717) is 0 Å². The van der Waals surface area contributed by atoms with Gasteiger partial charge in [0.2, 0.25) is 0 Å². The SMILES string of the molecule is Cn1c(CCNC(C)(C)C)nc2ncccc21. The van der Waals surface area contributed by atoms with Crippen LogP contribution in [0.5, 0.6) is 0 Å². The molecule has 2 heterocycles. The maximum Gasteiger partial charge on any atom is 0.177 e. The molecule has 2 aromatic heterocycles. The first kappa shape index (κ1) is 12.0. The van der Waals surface area contributed by atoms with Crippen molar-refractivity contribution in [3.05, 3.63) is 24.2 Å². The van der Waals surface area contributed by atoms with E-state index in [1.165, 1.54) is 0 Å². The number of rotatable bonds is 3. The summed E-state index contributed by atoms with van der Waals surface area (Å²) < 4.78 is 2.12. The lowest BCUT2D eigenvalue weighted by molar-refractivity contribution is 0.426.